The molecule has 0 aromatic carbocycles. The third-order valence-corrected chi connectivity index (χ3v) is 10.5. The molecule has 0 saturated heterocycles. The first-order valence-corrected chi connectivity index (χ1v) is 23.1. The molecule has 2 unspecified atom stereocenters. The molecule has 322 valence electrons. The highest BCUT2D eigenvalue weighted by atomic mass is 16.5. The Morgan fingerprint density at radius 2 is 0.945 bits per heavy atom. The summed E-state index contributed by atoms with van der Waals surface area (Å²) < 4.78 is 6.03. The van der Waals surface area contributed by atoms with E-state index in [-0.39, 0.29) is 24.5 Å². The molecule has 0 aromatic rings. The fourth-order valence-electron chi connectivity index (χ4n) is 6.95. The van der Waals surface area contributed by atoms with Crippen molar-refractivity contribution in [3.63, 3.8) is 0 Å². The Kier molecular flexibility index (Phi) is 39.4. The molecule has 0 aliphatic carbocycles. The van der Waals surface area contributed by atoms with Gasteiger partial charge in [-0.05, 0) is 57.8 Å². The van der Waals surface area contributed by atoms with Crippen molar-refractivity contribution in [1.29, 1.82) is 0 Å². The summed E-state index contributed by atoms with van der Waals surface area (Å²) in [5, 5.41) is 22.6. The quantitative estimate of drug-likeness (QED) is 0.0274. The second-order valence-electron chi connectivity index (χ2n) is 15.8. The van der Waals surface area contributed by atoms with Gasteiger partial charge < -0.3 is 25.6 Å². The first-order chi connectivity index (χ1) is 26.8. The summed E-state index contributed by atoms with van der Waals surface area (Å²) >= 11 is 0. The molecule has 55 heavy (non-hydrogen) atoms. The van der Waals surface area contributed by atoms with E-state index in [1.165, 1.54) is 128 Å². The number of aliphatic hydroxyl groups excluding tert-OH is 1. The molecule has 0 aliphatic rings. The number of carboxylic acids is 1. The fraction of sp³-hybridized carbons (Fsp3) is 0.870. The minimum atomic E-state index is -1.38. The van der Waals surface area contributed by atoms with Gasteiger partial charge in [0.15, 0.2) is 0 Å². The molecule has 0 spiro atoms. The smallest absolute Gasteiger partial charge is 0.328 e. The number of hydrogen-bond acceptors (Lipinski definition) is 6. The number of hydrogen-bond donors (Lipinski definition) is 4. The van der Waals surface area contributed by atoms with Gasteiger partial charge in [0.2, 0.25) is 11.8 Å². The highest BCUT2D eigenvalue weighted by Crippen LogP contribution is 2.18. The molecule has 0 fully saturated rings. The number of ether oxygens (including phenoxy) is 1. The van der Waals surface area contributed by atoms with Crippen molar-refractivity contribution in [2.24, 2.45) is 0 Å². The number of aliphatic hydroxyl groups is 1. The van der Waals surface area contributed by atoms with Crippen molar-refractivity contribution in [1.82, 2.24) is 10.6 Å². The second kappa shape index (κ2) is 41.2. The van der Waals surface area contributed by atoms with Gasteiger partial charge in [-0.15, -0.1) is 0 Å². The lowest BCUT2D eigenvalue weighted by atomic mass is 10.0. The lowest BCUT2D eigenvalue weighted by Crippen LogP contribution is -2.47. The third-order valence-electron chi connectivity index (χ3n) is 10.5. The zero-order chi connectivity index (χ0) is 40.5. The SMILES string of the molecule is CCCCCCCCCC/C=C\CCCC(CCCCCCCC(=O)NCC(=O)NC(CO)C(=O)O)OC(=O)CCCCCCCCCCCCCCCC. The molecule has 0 saturated carbocycles. The van der Waals surface area contributed by atoms with E-state index in [0.29, 0.717) is 19.3 Å². The van der Waals surface area contributed by atoms with Gasteiger partial charge in [0.25, 0.3) is 0 Å². The van der Waals surface area contributed by atoms with E-state index in [2.05, 4.69) is 36.6 Å². The maximum atomic E-state index is 12.8. The van der Waals surface area contributed by atoms with Crippen molar-refractivity contribution in [3.8, 4) is 0 Å². The third kappa shape index (κ3) is 38.2. The number of carbonyl (C=O) groups excluding carboxylic acids is 3. The molecule has 4 N–H and O–H groups in total. The van der Waals surface area contributed by atoms with Gasteiger partial charge in [0, 0.05) is 12.8 Å². The van der Waals surface area contributed by atoms with Crippen LogP contribution in [0.1, 0.15) is 232 Å². The van der Waals surface area contributed by atoms with Gasteiger partial charge in [-0.25, -0.2) is 4.79 Å². The van der Waals surface area contributed by atoms with Crippen LogP contribution in [0, 0.1) is 0 Å². The average molecular weight is 779 g/mol. The molecule has 0 aromatic heterocycles. The number of allylic oxidation sites excluding steroid dienone is 2. The number of nitrogens with one attached hydrogen (secondary N) is 2. The van der Waals surface area contributed by atoms with Crippen LogP contribution in [0.2, 0.25) is 0 Å². The summed E-state index contributed by atoms with van der Waals surface area (Å²) in [5.74, 6) is -2.30. The van der Waals surface area contributed by atoms with Crippen LogP contribution in [0.25, 0.3) is 0 Å². The van der Waals surface area contributed by atoms with Gasteiger partial charge in [0.1, 0.15) is 12.1 Å². The average Bonchev–Trinajstić information content (AvgIpc) is 3.17. The van der Waals surface area contributed by atoms with Crippen LogP contribution in [0.3, 0.4) is 0 Å². The maximum absolute atomic E-state index is 12.8. The summed E-state index contributed by atoms with van der Waals surface area (Å²) in [4.78, 5) is 47.6. The Labute approximate surface area is 337 Å². The first kappa shape index (κ1) is 52.6. The molecule has 0 radical (unpaired) electrons. The zero-order valence-electron chi connectivity index (χ0n) is 35.7. The molecule has 9 heteroatoms. The highest BCUT2D eigenvalue weighted by Gasteiger charge is 2.19. The van der Waals surface area contributed by atoms with E-state index >= 15 is 0 Å². The summed E-state index contributed by atoms with van der Waals surface area (Å²) in [6.07, 6.45) is 43.8. The molecular formula is C46H86N2O7. The van der Waals surface area contributed by atoms with Gasteiger partial charge in [-0.3, -0.25) is 14.4 Å². The Balaban J connectivity index is 4.32. The normalized spacial score (nSPS) is 12.5. The number of carbonyl (C=O) groups is 4. The fourth-order valence-corrected chi connectivity index (χ4v) is 6.95. The van der Waals surface area contributed by atoms with Crippen LogP contribution >= 0.6 is 0 Å². The molecule has 0 bridgehead atoms. The molecule has 0 aliphatic heterocycles. The summed E-state index contributed by atoms with van der Waals surface area (Å²) in [7, 11) is 0. The van der Waals surface area contributed by atoms with Crippen LogP contribution in [-0.4, -0.2) is 59.3 Å². The maximum Gasteiger partial charge on any atom is 0.328 e. The van der Waals surface area contributed by atoms with Gasteiger partial charge in [-0.2, -0.15) is 0 Å². The standard InChI is InChI=1S/C46H86N2O7/c1-3-5-7-9-11-13-15-17-19-21-23-25-30-34-38-45(52)55-41(35-31-27-24-22-20-18-16-14-12-10-8-6-4-2)36-32-28-26-29-33-37-43(50)47-39-44(51)48-42(40-49)46(53)54/h22,24,41-42,49H,3-21,23,25-40H2,1-2H3,(H,47,50)(H,48,51)(H,53,54)/b24-22-. The Morgan fingerprint density at radius 3 is 1.44 bits per heavy atom. The number of esters is 1. The molecule has 2 amide bonds. The van der Waals surface area contributed by atoms with Crippen LogP contribution in [-0.2, 0) is 23.9 Å². The number of rotatable bonds is 42. The minimum absolute atomic E-state index is 0.0382. The van der Waals surface area contributed by atoms with Crippen LogP contribution in [0.15, 0.2) is 12.2 Å². The van der Waals surface area contributed by atoms with Gasteiger partial charge >= 0.3 is 11.9 Å². The van der Waals surface area contributed by atoms with Crippen LogP contribution in [0.5, 0.6) is 0 Å². The topological polar surface area (TPSA) is 142 Å². The predicted octanol–water partition coefficient (Wildman–Crippen LogP) is 11.4. The van der Waals surface area contributed by atoms with E-state index in [1.807, 2.05) is 0 Å². The van der Waals surface area contributed by atoms with Gasteiger partial charge in [0.05, 0.1) is 13.2 Å². The molecule has 0 rings (SSSR count). The molecule has 2 atom stereocenters. The number of unbranched alkanes of at least 4 members (excludes halogenated alkanes) is 26. The van der Waals surface area contributed by atoms with Crippen molar-refractivity contribution >= 4 is 23.8 Å². The van der Waals surface area contributed by atoms with Crippen molar-refractivity contribution in [2.45, 2.75) is 244 Å². The van der Waals surface area contributed by atoms with E-state index in [4.69, 9.17) is 14.9 Å². The lowest BCUT2D eigenvalue weighted by Gasteiger charge is -2.18. The molecule has 0 heterocycles. The molecule has 9 nitrogen and oxygen atoms in total. The Hall–Kier alpha value is -2.42. The Bertz CT molecular complexity index is 941. The molecular weight excluding hydrogens is 693 g/mol. The van der Waals surface area contributed by atoms with Crippen molar-refractivity contribution in [2.75, 3.05) is 13.2 Å². The predicted molar refractivity (Wildman–Crippen MR) is 227 cm³/mol. The minimum Gasteiger partial charge on any atom is -0.480 e. The Morgan fingerprint density at radius 1 is 0.527 bits per heavy atom. The second-order valence-corrected chi connectivity index (χ2v) is 15.8. The first-order valence-electron chi connectivity index (χ1n) is 23.1. The zero-order valence-corrected chi connectivity index (χ0v) is 35.7. The number of aliphatic carboxylic acids is 1. The van der Waals surface area contributed by atoms with Crippen LogP contribution < -0.4 is 10.6 Å². The summed E-state index contributed by atoms with van der Waals surface area (Å²) in [6.45, 7) is 3.50. The number of carboxylic acid groups (broad SMARTS) is 1. The van der Waals surface area contributed by atoms with E-state index in [9.17, 15) is 19.2 Å². The van der Waals surface area contributed by atoms with E-state index in [1.54, 1.807) is 0 Å². The van der Waals surface area contributed by atoms with Gasteiger partial charge in [-0.1, -0.05) is 174 Å². The monoisotopic (exact) mass is 779 g/mol. The summed E-state index contributed by atoms with van der Waals surface area (Å²) in [5.41, 5.74) is 0. The highest BCUT2D eigenvalue weighted by molar-refractivity contribution is 5.87. The lowest BCUT2D eigenvalue weighted by molar-refractivity contribution is -0.150. The largest absolute Gasteiger partial charge is 0.480 e. The van der Waals surface area contributed by atoms with Crippen LogP contribution in [0.4, 0.5) is 0 Å². The van der Waals surface area contributed by atoms with E-state index < -0.39 is 24.5 Å². The van der Waals surface area contributed by atoms with Crippen molar-refractivity contribution < 1.29 is 34.1 Å². The van der Waals surface area contributed by atoms with Crippen molar-refractivity contribution in [3.05, 3.63) is 12.2 Å². The number of amides is 2. The van der Waals surface area contributed by atoms with E-state index in [0.717, 1.165) is 70.6 Å². The summed E-state index contributed by atoms with van der Waals surface area (Å²) in [6, 6.07) is -1.38.